The van der Waals surface area contributed by atoms with Crippen LogP contribution in [0, 0.1) is 0 Å². The zero-order chi connectivity index (χ0) is 55.9. The average Bonchev–Trinajstić information content (AvgIpc) is 1.70. The Hall–Kier alpha value is -7.54. The Balaban J connectivity index is 1.09. The number of thiophene rings is 1. The van der Waals surface area contributed by atoms with Gasteiger partial charge < -0.3 is 18.7 Å². The lowest BCUT2D eigenvalue weighted by molar-refractivity contribution is 0.590. The summed E-state index contributed by atoms with van der Waals surface area (Å²) in [6, 6.07) is 63.5. The fourth-order valence-corrected chi connectivity index (χ4v) is 14.3. The van der Waals surface area contributed by atoms with Gasteiger partial charge in [0.2, 0.25) is 0 Å². The summed E-state index contributed by atoms with van der Waals surface area (Å²) in [5.74, 6) is 0. The highest BCUT2D eigenvalue weighted by molar-refractivity contribution is 7.26. The van der Waals surface area contributed by atoms with E-state index in [2.05, 4.69) is 282 Å². The second-order valence-electron chi connectivity index (χ2n) is 28.3. The molecule has 398 valence electrons. The lowest BCUT2D eigenvalue weighted by Crippen LogP contribution is -2.60. The molecule has 9 aromatic carbocycles. The number of anilines is 5. The minimum atomic E-state index is -0.156. The van der Waals surface area contributed by atoms with Gasteiger partial charge in [0.15, 0.2) is 0 Å². The van der Waals surface area contributed by atoms with E-state index in [-0.39, 0.29) is 33.9 Å². The molecular formula is C74H72BN3OS. The molecule has 3 aromatic heterocycles. The van der Waals surface area contributed by atoms with Gasteiger partial charge >= 0.3 is 6.85 Å². The van der Waals surface area contributed by atoms with Crippen molar-refractivity contribution >= 4 is 121 Å². The van der Waals surface area contributed by atoms with Gasteiger partial charge in [-0.25, -0.2) is 0 Å². The van der Waals surface area contributed by atoms with Crippen LogP contribution in [0.1, 0.15) is 132 Å². The van der Waals surface area contributed by atoms with Crippen molar-refractivity contribution in [3.8, 4) is 16.8 Å². The fraction of sp³-hybridized carbons (Fsp3) is 0.270. The number of benzene rings is 9. The minimum Gasteiger partial charge on any atom is -0.455 e. The van der Waals surface area contributed by atoms with E-state index in [1.807, 2.05) is 11.3 Å². The normalized spacial score (nSPS) is 13.9. The van der Waals surface area contributed by atoms with Gasteiger partial charge in [-0.2, -0.15) is 0 Å². The second-order valence-corrected chi connectivity index (χ2v) is 29.4. The van der Waals surface area contributed by atoms with Crippen molar-refractivity contribution in [3.63, 3.8) is 0 Å². The largest absolute Gasteiger partial charge is 0.455 e. The predicted octanol–water partition coefficient (Wildman–Crippen LogP) is 20.2. The summed E-state index contributed by atoms with van der Waals surface area (Å²) in [5.41, 5.74) is 23.1. The smallest absolute Gasteiger partial charge is 0.333 e. The van der Waals surface area contributed by atoms with Crippen LogP contribution in [0.4, 0.5) is 28.4 Å². The lowest BCUT2D eigenvalue weighted by Gasteiger charge is -2.42. The van der Waals surface area contributed by atoms with Gasteiger partial charge in [-0.3, -0.25) is 0 Å². The van der Waals surface area contributed by atoms with E-state index < -0.39 is 0 Å². The maximum Gasteiger partial charge on any atom is 0.333 e. The summed E-state index contributed by atoms with van der Waals surface area (Å²) >= 11 is 1.91. The number of hydrogen-bond acceptors (Lipinski definition) is 4. The van der Waals surface area contributed by atoms with Crippen LogP contribution in [0.15, 0.2) is 168 Å². The van der Waals surface area contributed by atoms with E-state index in [0.29, 0.717) is 0 Å². The number of rotatable bonds is 4. The van der Waals surface area contributed by atoms with Crippen LogP contribution in [0.2, 0.25) is 0 Å². The molecule has 0 amide bonds. The van der Waals surface area contributed by atoms with E-state index in [1.54, 1.807) is 0 Å². The Bertz CT molecular complexity index is 4480. The van der Waals surface area contributed by atoms with Crippen LogP contribution in [0.25, 0.3) is 80.7 Å². The number of aromatic nitrogens is 1. The van der Waals surface area contributed by atoms with Gasteiger partial charge in [0.1, 0.15) is 11.2 Å². The molecule has 12 aromatic rings. The molecule has 0 fully saturated rings. The molecule has 0 bridgehead atoms. The van der Waals surface area contributed by atoms with E-state index >= 15 is 0 Å². The molecule has 4 nitrogen and oxygen atoms in total. The second kappa shape index (κ2) is 17.0. The van der Waals surface area contributed by atoms with E-state index in [4.69, 9.17) is 4.42 Å². The van der Waals surface area contributed by atoms with Crippen LogP contribution >= 0.6 is 11.3 Å². The van der Waals surface area contributed by atoms with E-state index in [0.717, 1.165) is 33.6 Å². The molecular weight excluding hydrogens is 990 g/mol. The zero-order valence-corrected chi connectivity index (χ0v) is 50.1. The Morgan fingerprint density at radius 1 is 0.438 bits per heavy atom. The molecule has 0 atom stereocenters. The van der Waals surface area contributed by atoms with Crippen molar-refractivity contribution in [1.82, 2.24) is 4.57 Å². The summed E-state index contributed by atoms with van der Waals surface area (Å²) in [5, 5.41) is 7.30. The van der Waals surface area contributed by atoms with Crippen LogP contribution in [0.3, 0.4) is 0 Å². The topological polar surface area (TPSA) is 24.6 Å². The number of para-hydroxylation sites is 1. The Labute approximate surface area is 476 Å². The van der Waals surface area contributed by atoms with Gasteiger partial charge in [0.25, 0.3) is 0 Å². The molecule has 14 rings (SSSR count). The first-order valence-electron chi connectivity index (χ1n) is 28.9. The molecule has 0 radical (unpaired) electrons. The van der Waals surface area contributed by atoms with Crippen molar-refractivity contribution in [2.45, 2.75) is 131 Å². The first-order valence-corrected chi connectivity index (χ1v) is 29.7. The maximum atomic E-state index is 7.33. The Morgan fingerprint density at radius 2 is 0.975 bits per heavy atom. The molecule has 0 saturated carbocycles. The van der Waals surface area contributed by atoms with Crippen molar-refractivity contribution < 1.29 is 4.42 Å². The highest BCUT2D eigenvalue weighted by Crippen LogP contribution is 2.54. The monoisotopic (exact) mass is 1060 g/mol. The Kier molecular flexibility index (Phi) is 10.8. The van der Waals surface area contributed by atoms with Crippen LogP contribution < -0.4 is 20.6 Å². The summed E-state index contributed by atoms with van der Waals surface area (Å²) < 4.78 is 12.5. The van der Waals surface area contributed by atoms with Gasteiger partial charge in [0.05, 0.1) is 16.4 Å². The molecule has 0 N–H and O–H groups in total. The molecule has 0 unspecified atom stereocenters. The minimum absolute atomic E-state index is 0.000363. The molecule has 2 aliphatic heterocycles. The standard InChI is InChI=1S/C74H72BN3OS/c1-70(2,3)43-20-28-48(29-21-43)76(49-30-22-44(23-31-49)71(4,5)6)51-34-35-52-54-41-56-60(42-63(54)80-62(52)40-51)78(50-32-24-45(25-33-50)72(7,8)9)75-57-39-47(74(13,14)15)27-37-59(57)77-58-36-26-46(73(10,11)12)38-55(58)66-68(77)67(75)64(56)65-53-18-16-17-19-61(53)79-69(65)66/h16-42H,1-15H3. The Morgan fingerprint density at radius 3 is 1.59 bits per heavy atom. The van der Waals surface area contributed by atoms with Crippen LogP contribution in [-0.2, 0) is 27.1 Å². The average molecular weight is 1060 g/mol. The van der Waals surface area contributed by atoms with Gasteiger partial charge in [-0.05, 0) is 156 Å². The quantitative estimate of drug-likeness (QED) is 0.164. The fourth-order valence-electron chi connectivity index (χ4n) is 13.2. The van der Waals surface area contributed by atoms with Crippen molar-refractivity contribution in [3.05, 3.63) is 192 Å². The van der Waals surface area contributed by atoms with Crippen molar-refractivity contribution in [2.24, 2.45) is 0 Å². The first-order chi connectivity index (χ1) is 37.8. The van der Waals surface area contributed by atoms with Crippen molar-refractivity contribution in [1.29, 1.82) is 0 Å². The molecule has 0 spiro atoms. The highest BCUT2D eigenvalue weighted by atomic mass is 32.1. The molecule has 6 heteroatoms. The third-order valence-corrected chi connectivity index (χ3v) is 18.9. The van der Waals surface area contributed by atoms with Crippen LogP contribution in [0.5, 0.6) is 0 Å². The van der Waals surface area contributed by atoms with Gasteiger partial charge in [-0.1, -0.05) is 183 Å². The van der Waals surface area contributed by atoms with E-state index in [9.17, 15) is 0 Å². The number of nitrogens with zero attached hydrogens (tertiary/aromatic N) is 3. The molecule has 2 aliphatic rings. The maximum absolute atomic E-state index is 7.33. The van der Waals surface area contributed by atoms with Gasteiger partial charge in [0, 0.05) is 76.0 Å². The third-order valence-electron chi connectivity index (χ3n) is 17.7. The molecule has 80 heavy (non-hydrogen) atoms. The first kappa shape index (κ1) is 50.7. The summed E-state index contributed by atoms with van der Waals surface area (Å²) in [7, 11) is 0. The predicted molar refractivity (Wildman–Crippen MR) is 348 cm³/mol. The number of fused-ring (bicyclic) bond motifs is 16. The molecule has 0 aliphatic carbocycles. The molecule has 0 saturated heterocycles. The summed E-state index contributed by atoms with van der Waals surface area (Å²) in [6.07, 6.45) is 0. The van der Waals surface area contributed by atoms with E-state index in [1.165, 1.54) is 114 Å². The van der Waals surface area contributed by atoms with Gasteiger partial charge in [-0.15, -0.1) is 11.3 Å². The SMILES string of the molecule is CC(C)(C)c1ccc(N2B3c4cc(C(C)(C)C)ccc4-n4c5ccc(C(C)(C)C)cc5c5c6oc7ccccc7c6c(c3c54)-c3cc4c(cc32)sc2cc(N(c3ccc(C(C)(C)C)cc3)c3ccc(C(C)(C)C)cc3)ccc24)cc1. The number of furan rings is 1. The lowest BCUT2D eigenvalue weighted by atomic mass is 9.43. The molecule has 5 heterocycles. The summed E-state index contributed by atoms with van der Waals surface area (Å²) in [4.78, 5) is 5.15. The third kappa shape index (κ3) is 7.68. The highest BCUT2D eigenvalue weighted by Gasteiger charge is 2.47. The van der Waals surface area contributed by atoms with Crippen molar-refractivity contribution in [2.75, 3.05) is 9.71 Å². The zero-order valence-electron chi connectivity index (χ0n) is 49.3. The number of hydrogen-bond donors (Lipinski definition) is 0. The summed E-state index contributed by atoms with van der Waals surface area (Å²) in [6.45, 7) is 34.5. The van der Waals surface area contributed by atoms with Crippen LogP contribution in [-0.4, -0.2) is 11.4 Å².